The Kier molecular flexibility index (Phi) is 6.32. The number of nitrogens with zero attached hydrogens (tertiary/aromatic N) is 1. The molecule has 0 bridgehead atoms. The molecule has 2 atom stereocenters. The Balaban J connectivity index is 1.72. The van der Waals surface area contributed by atoms with Crippen LogP contribution < -0.4 is 11.1 Å². The molecule has 1 aliphatic carbocycles. The Hall–Kier alpha value is -1.44. The Morgan fingerprint density at radius 2 is 1.81 bits per heavy atom. The van der Waals surface area contributed by atoms with Gasteiger partial charge in [-0.25, -0.2) is 8.42 Å². The first-order valence-corrected chi connectivity index (χ1v) is 11.1. The van der Waals surface area contributed by atoms with Gasteiger partial charge in [0.1, 0.15) is 6.04 Å². The third-order valence-corrected chi connectivity index (χ3v) is 7.58. The molecule has 1 amide bonds. The number of nitrogens with one attached hydrogen (secondary N) is 1. The molecule has 2 fully saturated rings. The van der Waals surface area contributed by atoms with Crippen LogP contribution in [0, 0.1) is 5.92 Å². The second-order valence-corrected chi connectivity index (χ2v) is 9.23. The summed E-state index contributed by atoms with van der Waals surface area (Å²) in [6, 6.07) is 7.63. The van der Waals surface area contributed by atoms with Crippen molar-refractivity contribution >= 4 is 15.9 Å². The number of amides is 1. The van der Waals surface area contributed by atoms with E-state index in [1.165, 1.54) is 23.6 Å². The first-order valence-electron chi connectivity index (χ1n) is 9.61. The third-order valence-electron chi connectivity index (χ3n) is 5.66. The van der Waals surface area contributed by atoms with Gasteiger partial charge in [-0.2, -0.15) is 4.31 Å². The van der Waals surface area contributed by atoms with Crippen LogP contribution in [0.4, 0.5) is 0 Å². The molecule has 7 heteroatoms. The van der Waals surface area contributed by atoms with Crippen molar-refractivity contribution in [3.8, 4) is 0 Å². The highest BCUT2D eigenvalue weighted by Gasteiger charge is 2.40. The van der Waals surface area contributed by atoms with E-state index >= 15 is 0 Å². The average Bonchev–Trinajstić information content (AvgIpc) is 3.18. The predicted octanol–water partition coefficient (Wildman–Crippen LogP) is 1.86. The second-order valence-electron chi connectivity index (χ2n) is 7.34. The number of carbonyl (C=O) groups excluding carboxylic acids is 1. The molecule has 0 spiro atoms. The Labute approximate surface area is 156 Å². The molecular weight excluding hydrogens is 350 g/mol. The number of hydrogen-bond acceptors (Lipinski definition) is 4. The molecule has 6 nitrogen and oxygen atoms in total. The lowest BCUT2D eigenvalue weighted by atomic mass is 9.84. The maximum Gasteiger partial charge on any atom is 0.243 e. The molecule has 1 heterocycles. The van der Waals surface area contributed by atoms with Crippen molar-refractivity contribution in [1.82, 2.24) is 9.62 Å². The summed E-state index contributed by atoms with van der Waals surface area (Å²) in [5.74, 6) is 0.196. The van der Waals surface area contributed by atoms with E-state index in [9.17, 15) is 13.2 Å². The highest BCUT2D eigenvalue weighted by molar-refractivity contribution is 7.89. The van der Waals surface area contributed by atoms with E-state index in [0.717, 1.165) is 12.8 Å². The summed E-state index contributed by atoms with van der Waals surface area (Å²) in [7, 11) is -3.66. The number of carbonyl (C=O) groups is 1. The highest BCUT2D eigenvalue weighted by Crippen LogP contribution is 2.28. The lowest BCUT2D eigenvalue weighted by Crippen LogP contribution is -2.52. The molecule has 1 aromatic rings. The lowest BCUT2D eigenvalue weighted by molar-refractivity contribution is -0.125. The molecule has 1 aliphatic heterocycles. The Morgan fingerprint density at radius 1 is 1.12 bits per heavy atom. The summed E-state index contributed by atoms with van der Waals surface area (Å²) in [6.45, 7) is 0.778. The molecule has 2 unspecified atom stereocenters. The molecule has 0 radical (unpaired) electrons. The number of hydrogen-bond donors (Lipinski definition) is 2. The molecule has 2 aliphatic rings. The molecular formula is C19H29N3O3S. The SMILES string of the molecule is NCC(NC(=O)C1CCCN1S(=O)(=O)c1ccccc1)C1CCCCC1. The fourth-order valence-corrected chi connectivity index (χ4v) is 5.88. The van der Waals surface area contributed by atoms with Gasteiger partial charge in [0.05, 0.1) is 4.90 Å². The first-order chi connectivity index (χ1) is 12.5. The average molecular weight is 380 g/mol. The number of benzene rings is 1. The summed E-state index contributed by atoms with van der Waals surface area (Å²) < 4.78 is 27.2. The van der Waals surface area contributed by atoms with Gasteiger partial charge in [0.15, 0.2) is 0 Å². The summed E-state index contributed by atoms with van der Waals surface area (Å²) in [4.78, 5) is 13.1. The second kappa shape index (κ2) is 8.50. The number of rotatable bonds is 6. The standard InChI is InChI=1S/C19H29N3O3S/c20-14-17(15-8-3-1-4-9-15)21-19(23)18-12-7-13-22(18)26(24,25)16-10-5-2-6-11-16/h2,5-6,10-11,15,17-18H,1,3-4,7-9,12-14,20H2,(H,21,23). The van der Waals surface area contributed by atoms with E-state index < -0.39 is 16.1 Å². The van der Waals surface area contributed by atoms with Crippen LogP contribution in [0.2, 0.25) is 0 Å². The van der Waals surface area contributed by atoms with Gasteiger partial charge < -0.3 is 11.1 Å². The summed E-state index contributed by atoms with van der Waals surface area (Å²) >= 11 is 0. The van der Waals surface area contributed by atoms with Crippen molar-refractivity contribution in [2.24, 2.45) is 11.7 Å². The molecule has 1 saturated heterocycles. The summed E-state index contributed by atoms with van der Waals surface area (Å²) in [5.41, 5.74) is 5.92. The zero-order valence-corrected chi connectivity index (χ0v) is 16.0. The first kappa shape index (κ1) is 19.3. The predicted molar refractivity (Wildman–Crippen MR) is 101 cm³/mol. The van der Waals surface area contributed by atoms with Crippen molar-refractivity contribution in [2.45, 2.75) is 61.9 Å². The van der Waals surface area contributed by atoms with Crippen molar-refractivity contribution in [1.29, 1.82) is 0 Å². The summed E-state index contributed by atoms with van der Waals surface area (Å²) in [5, 5.41) is 3.06. The van der Waals surface area contributed by atoms with Crippen LogP contribution in [0.25, 0.3) is 0 Å². The van der Waals surface area contributed by atoms with Gasteiger partial charge >= 0.3 is 0 Å². The van der Waals surface area contributed by atoms with Gasteiger partial charge in [-0.05, 0) is 43.7 Å². The van der Waals surface area contributed by atoms with Crippen LogP contribution in [-0.4, -0.2) is 43.8 Å². The maximum absolute atomic E-state index is 12.9. The number of sulfonamides is 1. The van der Waals surface area contributed by atoms with Gasteiger partial charge in [-0.1, -0.05) is 37.5 Å². The van der Waals surface area contributed by atoms with E-state index in [-0.39, 0.29) is 16.8 Å². The Morgan fingerprint density at radius 3 is 2.46 bits per heavy atom. The summed E-state index contributed by atoms with van der Waals surface area (Å²) in [6.07, 6.45) is 7.01. The van der Waals surface area contributed by atoms with Crippen LogP contribution in [0.1, 0.15) is 44.9 Å². The van der Waals surface area contributed by atoms with Crippen LogP contribution >= 0.6 is 0 Å². The molecule has 1 aromatic carbocycles. The highest BCUT2D eigenvalue weighted by atomic mass is 32.2. The van der Waals surface area contributed by atoms with E-state index in [0.29, 0.717) is 31.8 Å². The normalized spacial score (nSPS) is 23.7. The Bertz CT molecular complexity index is 702. The van der Waals surface area contributed by atoms with Crippen LogP contribution in [-0.2, 0) is 14.8 Å². The third kappa shape index (κ3) is 4.10. The maximum atomic E-state index is 12.9. The van der Waals surface area contributed by atoms with Gasteiger partial charge in [-0.3, -0.25) is 4.79 Å². The van der Waals surface area contributed by atoms with Gasteiger partial charge in [-0.15, -0.1) is 0 Å². The zero-order valence-electron chi connectivity index (χ0n) is 15.1. The van der Waals surface area contributed by atoms with Crippen molar-refractivity contribution in [3.05, 3.63) is 30.3 Å². The zero-order chi connectivity index (χ0) is 18.6. The fraction of sp³-hybridized carbons (Fsp3) is 0.632. The minimum absolute atomic E-state index is 0.0651. The van der Waals surface area contributed by atoms with Gasteiger partial charge in [0.2, 0.25) is 15.9 Å². The fourth-order valence-electron chi connectivity index (χ4n) is 4.20. The smallest absolute Gasteiger partial charge is 0.243 e. The van der Waals surface area contributed by atoms with Gasteiger partial charge in [0.25, 0.3) is 0 Å². The van der Waals surface area contributed by atoms with Crippen molar-refractivity contribution in [2.75, 3.05) is 13.1 Å². The number of nitrogens with two attached hydrogens (primary N) is 1. The van der Waals surface area contributed by atoms with Crippen molar-refractivity contribution < 1.29 is 13.2 Å². The van der Waals surface area contributed by atoms with E-state index in [2.05, 4.69) is 5.32 Å². The van der Waals surface area contributed by atoms with E-state index in [1.54, 1.807) is 30.3 Å². The molecule has 3 N–H and O–H groups in total. The monoisotopic (exact) mass is 379 g/mol. The molecule has 3 rings (SSSR count). The van der Waals surface area contributed by atoms with E-state index in [1.807, 2.05) is 0 Å². The van der Waals surface area contributed by atoms with Crippen LogP contribution in [0.5, 0.6) is 0 Å². The molecule has 1 saturated carbocycles. The lowest BCUT2D eigenvalue weighted by Gasteiger charge is -2.32. The molecule has 0 aromatic heterocycles. The molecule has 26 heavy (non-hydrogen) atoms. The van der Waals surface area contributed by atoms with Crippen molar-refractivity contribution in [3.63, 3.8) is 0 Å². The van der Waals surface area contributed by atoms with Gasteiger partial charge in [0, 0.05) is 19.1 Å². The largest absolute Gasteiger partial charge is 0.350 e. The minimum atomic E-state index is -3.66. The van der Waals surface area contributed by atoms with Crippen LogP contribution in [0.3, 0.4) is 0 Å². The minimum Gasteiger partial charge on any atom is -0.350 e. The quantitative estimate of drug-likeness (QED) is 0.789. The molecule has 144 valence electrons. The van der Waals surface area contributed by atoms with E-state index in [4.69, 9.17) is 5.73 Å². The van der Waals surface area contributed by atoms with Crippen LogP contribution in [0.15, 0.2) is 35.2 Å². The topological polar surface area (TPSA) is 92.5 Å².